The number of hydrogen-bond donors (Lipinski definition) is 2. The van der Waals surface area contributed by atoms with Crippen LogP contribution in [0.15, 0.2) is 42.7 Å². The summed E-state index contributed by atoms with van der Waals surface area (Å²) in [6.07, 6.45) is 4.16. The molecule has 1 saturated carbocycles. The van der Waals surface area contributed by atoms with Crippen molar-refractivity contribution in [3.05, 3.63) is 53.9 Å². The molecule has 2 aromatic rings. The van der Waals surface area contributed by atoms with Gasteiger partial charge in [-0.1, -0.05) is 30.3 Å². The van der Waals surface area contributed by atoms with Gasteiger partial charge in [-0.05, 0) is 12.0 Å². The molecule has 1 aliphatic rings. The van der Waals surface area contributed by atoms with E-state index in [1.54, 1.807) is 6.20 Å². The number of aromatic amines is 1. The van der Waals surface area contributed by atoms with Gasteiger partial charge in [-0.25, -0.2) is 0 Å². The Bertz CT molecular complexity index is 507. The molecule has 0 bridgehead atoms. The van der Waals surface area contributed by atoms with Crippen LogP contribution in [0.3, 0.4) is 0 Å². The van der Waals surface area contributed by atoms with Gasteiger partial charge >= 0.3 is 0 Å². The molecule has 4 heteroatoms. The first kappa shape index (κ1) is 10.1. The van der Waals surface area contributed by atoms with Gasteiger partial charge in [0.15, 0.2) is 0 Å². The number of nitrogens with one attached hydrogen (secondary N) is 2. The third kappa shape index (κ3) is 2.06. The zero-order chi connectivity index (χ0) is 11.7. The van der Waals surface area contributed by atoms with Crippen molar-refractivity contribution >= 4 is 5.91 Å². The molecule has 2 N–H and O–H groups in total. The molecule has 17 heavy (non-hydrogen) atoms. The van der Waals surface area contributed by atoms with Crippen LogP contribution in [0.1, 0.15) is 28.3 Å². The number of nitrogens with zero attached hydrogens (tertiary/aromatic N) is 1. The molecule has 0 spiro atoms. The van der Waals surface area contributed by atoms with Crippen LogP contribution in [0.4, 0.5) is 0 Å². The molecule has 1 heterocycles. The number of H-pyrrole nitrogens is 1. The fraction of sp³-hybridized carbons (Fsp3) is 0.231. The second-order valence-corrected chi connectivity index (χ2v) is 4.32. The molecule has 1 fully saturated rings. The van der Waals surface area contributed by atoms with E-state index >= 15 is 0 Å². The van der Waals surface area contributed by atoms with E-state index in [2.05, 4.69) is 27.6 Å². The lowest BCUT2D eigenvalue weighted by atomic mass is 10.1. The van der Waals surface area contributed by atoms with Crippen molar-refractivity contribution in [3.63, 3.8) is 0 Å². The van der Waals surface area contributed by atoms with Gasteiger partial charge in [-0.15, -0.1) is 0 Å². The summed E-state index contributed by atoms with van der Waals surface area (Å²) in [6, 6.07) is 10.5. The van der Waals surface area contributed by atoms with E-state index in [0.29, 0.717) is 11.5 Å². The van der Waals surface area contributed by atoms with Crippen molar-refractivity contribution in [2.24, 2.45) is 0 Å². The van der Waals surface area contributed by atoms with E-state index in [1.807, 2.05) is 18.2 Å². The average molecular weight is 227 g/mol. The zero-order valence-corrected chi connectivity index (χ0v) is 9.26. The Labute approximate surface area is 99.1 Å². The maximum absolute atomic E-state index is 11.8. The first-order chi connectivity index (χ1) is 8.34. The summed E-state index contributed by atoms with van der Waals surface area (Å²) in [5.74, 6) is 0.411. The topological polar surface area (TPSA) is 57.8 Å². The van der Waals surface area contributed by atoms with Crippen LogP contribution < -0.4 is 5.32 Å². The van der Waals surface area contributed by atoms with Gasteiger partial charge in [0.2, 0.25) is 0 Å². The zero-order valence-electron chi connectivity index (χ0n) is 9.26. The van der Waals surface area contributed by atoms with Crippen LogP contribution in [-0.2, 0) is 0 Å². The standard InChI is InChI=1S/C13H13N3O/c17-13(10-7-14-15-8-10)16-12-6-11(12)9-4-2-1-3-5-9/h1-5,7-8,11-12H,6H2,(H,14,15)(H,16,17). The normalized spacial score (nSPS) is 22.1. The van der Waals surface area contributed by atoms with E-state index in [9.17, 15) is 4.79 Å². The Morgan fingerprint density at radius 3 is 2.88 bits per heavy atom. The van der Waals surface area contributed by atoms with E-state index in [1.165, 1.54) is 11.8 Å². The molecule has 0 aliphatic heterocycles. The van der Waals surface area contributed by atoms with Gasteiger partial charge in [-0.3, -0.25) is 9.89 Å². The van der Waals surface area contributed by atoms with Crippen LogP contribution in [-0.4, -0.2) is 22.1 Å². The summed E-state index contributed by atoms with van der Waals surface area (Å²) < 4.78 is 0. The van der Waals surface area contributed by atoms with Gasteiger partial charge in [0.05, 0.1) is 11.8 Å². The smallest absolute Gasteiger partial charge is 0.254 e. The van der Waals surface area contributed by atoms with E-state index < -0.39 is 0 Å². The van der Waals surface area contributed by atoms with Crippen LogP contribution >= 0.6 is 0 Å². The second kappa shape index (κ2) is 4.05. The first-order valence-electron chi connectivity index (χ1n) is 5.69. The third-order valence-corrected chi connectivity index (χ3v) is 3.10. The molecule has 1 amide bonds. The molecule has 2 unspecified atom stereocenters. The average Bonchev–Trinajstić information content (AvgIpc) is 2.92. The molecule has 1 aromatic carbocycles. The predicted molar refractivity (Wildman–Crippen MR) is 63.6 cm³/mol. The first-order valence-corrected chi connectivity index (χ1v) is 5.69. The largest absolute Gasteiger partial charge is 0.349 e. The fourth-order valence-electron chi connectivity index (χ4n) is 2.05. The number of carbonyl (C=O) groups is 1. The monoisotopic (exact) mass is 227 g/mol. The summed E-state index contributed by atoms with van der Waals surface area (Å²) >= 11 is 0. The molecule has 4 nitrogen and oxygen atoms in total. The van der Waals surface area contributed by atoms with Crippen molar-refractivity contribution in [1.29, 1.82) is 0 Å². The van der Waals surface area contributed by atoms with E-state index in [0.717, 1.165) is 6.42 Å². The maximum atomic E-state index is 11.8. The lowest BCUT2D eigenvalue weighted by molar-refractivity contribution is 0.0950. The van der Waals surface area contributed by atoms with Crippen molar-refractivity contribution in [3.8, 4) is 0 Å². The second-order valence-electron chi connectivity index (χ2n) is 4.32. The maximum Gasteiger partial charge on any atom is 0.254 e. The Kier molecular flexibility index (Phi) is 2.40. The molecule has 1 aromatic heterocycles. The lowest BCUT2D eigenvalue weighted by Crippen LogP contribution is -2.26. The lowest BCUT2D eigenvalue weighted by Gasteiger charge is -2.02. The predicted octanol–water partition coefficient (Wildman–Crippen LogP) is 1.70. The highest BCUT2D eigenvalue weighted by atomic mass is 16.1. The van der Waals surface area contributed by atoms with Crippen molar-refractivity contribution in [1.82, 2.24) is 15.5 Å². The number of aromatic nitrogens is 2. The molecule has 0 saturated heterocycles. The van der Waals surface area contributed by atoms with E-state index in [4.69, 9.17) is 0 Å². The highest BCUT2D eigenvalue weighted by Crippen LogP contribution is 2.40. The molecule has 1 aliphatic carbocycles. The number of rotatable bonds is 3. The molecule has 2 atom stereocenters. The Morgan fingerprint density at radius 2 is 2.18 bits per heavy atom. The summed E-state index contributed by atoms with van der Waals surface area (Å²) in [4.78, 5) is 11.8. The highest BCUT2D eigenvalue weighted by molar-refractivity contribution is 5.94. The van der Waals surface area contributed by atoms with Crippen LogP contribution in [0, 0.1) is 0 Å². The Morgan fingerprint density at radius 1 is 1.35 bits per heavy atom. The summed E-state index contributed by atoms with van der Waals surface area (Å²) in [7, 11) is 0. The number of benzene rings is 1. The number of amides is 1. The Hall–Kier alpha value is -2.10. The van der Waals surface area contributed by atoms with Crippen LogP contribution in [0.25, 0.3) is 0 Å². The molecular formula is C13H13N3O. The van der Waals surface area contributed by atoms with Crippen LogP contribution in [0.2, 0.25) is 0 Å². The van der Waals surface area contributed by atoms with Gasteiger partial charge < -0.3 is 5.32 Å². The molecule has 86 valence electrons. The molecular weight excluding hydrogens is 214 g/mol. The summed E-state index contributed by atoms with van der Waals surface area (Å²) in [5, 5.41) is 9.40. The van der Waals surface area contributed by atoms with Gasteiger partial charge in [-0.2, -0.15) is 5.10 Å². The minimum Gasteiger partial charge on any atom is -0.349 e. The minimum absolute atomic E-state index is 0.0535. The van der Waals surface area contributed by atoms with Crippen LogP contribution in [0.5, 0.6) is 0 Å². The van der Waals surface area contributed by atoms with Gasteiger partial charge in [0.25, 0.3) is 5.91 Å². The highest BCUT2D eigenvalue weighted by Gasteiger charge is 2.39. The van der Waals surface area contributed by atoms with E-state index in [-0.39, 0.29) is 11.9 Å². The minimum atomic E-state index is -0.0535. The molecule has 0 radical (unpaired) electrons. The number of hydrogen-bond acceptors (Lipinski definition) is 2. The summed E-state index contributed by atoms with van der Waals surface area (Å²) in [5.41, 5.74) is 1.88. The van der Waals surface area contributed by atoms with Crippen molar-refractivity contribution < 1.29 is 4.79 Å². The molecule has 3 rings (SSSR count). The van der Waals surface area contributed by atoms with Crippen molar-refractivity contribution in [2.75, 3.05) is 0 Å². The van der Waals surface area contributed by atoms with Gasteiger partial charge in [0, 0.05) is 18.2 Å². The van der Waals surface area contributed by atoms with Gasteiger partial charge in [0.1, 0.15) is 0 Å². The third-order valence-electron chi connectivity index (χ3n) is 3.10. The Balaban J connectivity index is 1.61. The summed E-state index contributed by atoms with van der Waals surface area (Å²) in [6.45, 7) is 0. The number of carbonyl (C=O) groups excluding carboxylic acids is 1. The SMILES string of the molecule is O=C(NC1CC1c1ccccc1)c1cn[nH]c1. The fourth-order valence-corrected chi connectivity index (χ4v) is 2.05. The quantitative estimate of drug-likeness (QED) is 0.838. The van der Waals surface area contributed by atoms with Crippen molar-refractivity contribution in [2.45, 2.75) is 18.4 Å².